The number of amides is 1. The van der Waals surface area contributed by atoms with Crippen LogP contribution in [0.2, 0.25) is 0 Å². The molecule has 14 heteroatoms. The van der Waals surface area contributed by atoms with E-state index in [2.05, 4.69) is 20.6 Å². The van der Waals surface area contributed by atoms with Crippen LogP contribution < -0.4 is 15.4 Å². The predicted molar refractivity (Wildman–Crippen MR) is 148 cm³/mol. The molecular weight excluding hydrogens is 562 g/mol. The quantitative estimate of drug-likeness (QED) is 0.221. The molecule has 0 aliphatic carbocycles. The highest BCUT2D eigenvalue weighted by Crippen LogP contribution is 2.51. The summed E-state index contributed by atoms with van der Waals surface area (Å²) in [5.41, 5.74) is 1.07. The number of aromatic nitrogens is 2. The summed E-state index contributed by atoms with van der Waals surface area (Å²) in [7, 11) is -1.70. The minimum atomic E-state index is -4.76. The van der Waals surface area contributed by atoms with Gasteiger partial charge in [-0.25, -0.2) is 4.98 Å². The molecule has 2 N–H and O–H groups in total. The maximum atomic E-state index is 13.9. The standard InChI is InChI=1S/C27H31F3N5O5P/c1-5-38-22-13-12-21(23-19(22)15-35(4)25(23)36)33-24-20(27(28,29)30)14-31-26(34-24)32-18-10-8-17(9-11-18)16-41(37,39-6-2)40-7-3/h8-14H,5-7,15-16H2,1-4H3,(H2,31,32,33,34). The largest absolute Gasteiger partial charge is 0.493 e. The summed E-state index contributed by atoms with van der Waals surface area (Å²) in [6.45, 7) is 6.37. The van der Waals surface area contributed by atoms with Crippen LogP contribution in [0.3, 0.4) is 0 Å². The number of ether oxygens (including phenoxy) is 1. The fraction of sp³-hybridized carbons (Fsp3) is 0.370. The average molecular weight is 594 g/mol. The Morgan fingerprint density at radius 3 is 2.29 bits per heavy atom. The Morgan fingerprint density at radius 2 is 1.68 bits per heavy atom. The molecule has 0 fully saturated rings. The number of nitrogens with zero attached hydrogens (tertiary/aromatic N) is 3. The second-order valence-corrected chi connectivity index (χ2v) is 11.1. The lowest BCUT2D eigenvalue weighted by molar-refractivity contribution is -0.137. The Balaban J connectivity index is 1.61. The molecule has 1 aromatic heterocycles. The Morgan fingerprint density at radius 1 is 1.00 bits per heavy atom. The third kappa shape index (κ3) is 6.98. The number of hydrogen-bond acceptors (Lipinski definition) is 9. The minimum absolute atomic E-state index is 0.0696. The number of hydrogen-bond donors (Lipinski definition) is 2. The molecule has 0 saturated heterocycles. The van der Waals surface area contributed by atoms with E-state index in [1.54, 1.807) is 58.2 Å². The van der Waals surface area contributed by atoms with E-state index < -0.39 is 25.2 Å². The van der Waals surface area contributed by atoms with Crippen molar-refractivity contribution >= 4 is 36.6 Å². The predicted octanol–water partition coefficient (Wildman–Crippen LogP) is 6.73. The monoisotopic (exact) mass is 593 g/mol. The molecule has 0 saturated carbocycles. The number of rotatable bonds is 12. The van der Waals surface area contributed by atoms with Crippen molar-refractivity contribution in [1.29, 1.82) is 0 Å². The van der Waals surface area contributed by atoms with Gasteiger partial charge in [0.25, 0.3) is 5.91 Å². The first-order valence-corrected chi connectivity index (χ1v) is 14.7. The lowest BCUT2D eigenvalue weighted by atomic mass is 10.1. The van der Waals surface area contributed by atoms with Crippen molar-refractivity contribution in [2.45, 2.75) is 39.7 Å². The van der Waals surface area contributed by atoms with Crippen molar-refractivity contribution in [3.8, 4) is 5.75 Å². The molecule has 0 spiro atoms. The van der Waals surface area contributed by atoms with E-state index in [1.165, 1.54) is 11.0 Å². The van der Waals surface area contributed by atoms with Crippen molar-refractivity contribution in [3.63, 3.8) is 0 Å². The van der Waals surface area contributed by atoms with Gasteiger partial charge in [0.05, 0.1) is 43.8 Å². The van der Waals surface area contributed by atoms with Crippen molar-refractivity contribution < 1.29 is 36.3 Å². The number of benzene rings is 2. The van der Waals surface area contributed by atoms with Gasteiger partial charge < -0.3 is 29.3 Å². The third-order valence-electron chi connectivity index (χ3n) is 6.11. The second kappa shape index (κ2) is 12.5. The van der Waals surface area contributed by atoms with Crippen LogP contribution in [0, 0.1) is 0 Å². The van der Waals surface area contributed by atoms with E-state index in [1.807, 2.05) is 0 Å². The smallest absolute Gasteiger partial charge is 0.421 e. The zero-order valence-electron chi connectivity index (χ0n) is 23.0. The van der Waals surface area contributed by atoms with Crippen molar-refractivity contribution in [3.05, 3.63) is 64.8 Å². The van der Waals surface area contributed by atoms with Crippen LogP contribution in [0.25, 0.3) is 0 Å². The van der Waals surface area contributed by atoms with E-state index in [9.17, 15) is 22.5 Å². The Kier molecular flexibility index (Phi) is 9.21. The van der Waals surface area contributed by atoms with E-state index in [0.29, 0.717) is 35.4 Å². The first-order chi connectivity index (χ1) is 19.5. The van der Waals surface area contributed by atoms with Gasteiger partial charge in [0.15, 0.2) is 0 Å². The van der Waals surface area contributed by atoms with Crippen LogP contribution in [-0.4, -0.2) is 47.6 Å². The van der Waals surface area contributed by atoms with E-state index in [0.717, 1.165) is 0 Å². The SMILES string of the molecule is CCOc1ccc(Nc2nc(Nc3ccc(CP(=O)(OCC)OCC)cc3)ncc2C(F)(F)F)c2c1CN(C)C2=O. The lowest BCUT2D eigenvalue weighted by Gasteiger charge is -2.18. The summed E-state index contributed by atoms with van der Waals surface area (Å²) < 4.78 is 70.8. The molecule has 41 heavy (non-hydrogen) atoms. The van der Waals surface area contributed by atoms with E-state index in [4.69, 9.17) is 13.8 Å². The van der Waals surface area contributed by atoms with Gasteiger partial charge in [0.2, 0.25) is 5.95 Å². The van der Waals surface area contributed by atoms with Gasteiger partial charge >= 0.3 is 13.8 Å². The Labute approximate surface area is 235 Å². The minimum Gasteiger partial charge on any atom is -0.493 e. The molecule has 4 rings (SSSR count). The highest BCUT2D eigenvalue weighted by molar-refractivity contribution is 7.53. The number of anilines is 4. The molecule has 0 unspecified atom stereocenters. The Hall–Kier alpha value is -3.67. The third-order valence-corrected chi connectivity index (χ3v) is 8.17. The topological polar surface area (TPSA) is 115 Å². The van der Waals surface area contributed by atoms with Crippen molar-refractivity contribution in [2.75, 3.05) is 37.5 Å². The van der Waals surface area contributed by atoms with Gasteiger partial charge in [-0.1, -0.05) is 12.1 Å². The molecule has 2 heterocycles. The summed E-state index contributed by atoms with van der Waals surface area (Å²) in [6, 6.07) is 9.81. The number of halogens is 3. The van der Waals surface area contributed by atoms with Crippen LogP contribution in [0.15, 0.2) is 42.6 Å². The normalized spacial score (nSPS) is 13.3. The van der Waals surface area contributed by atoms with Crippen LogP contribution in [0.1, 0.15) is 47.8 Å². The molecule has 0 radical (unpaired) electrons. The number of carbonyl (C=O) groups is 1. The second-order valence-electron chi connectivity index (χ2n) is 9.06. The number of alkyl halides is 3. The summed E-state index contributed by atoms with van der Waals surface area (Å²) in [6.07, 6.45) is -4.01. The zero-order chi connectivity index (χ0) is 29.8. The van der Waals surface area contributed by atoms with Gasteiger partial charge in [-0.15, -0.1) is 0 Å². The van der Waals surface area contributed by atoms with Crippen molar-refractivity contribution in [1.82, 2.24) is 14.9 Å². The van der Waals surface area contributed by atoms with Gasteiger partial charge in [-0.2, -0.15) is 18.2 Å². The maximum absolute atomic E-state index is 13.9. The molecule has 2 aromatic carbocycles. The summed E-state index contributed by atoms with van der Waals surface area (Å²) in [4.78, 5) is 22.3. The van der Waals surface area contributed by atoms with Gasteiger partial charge in [-0.3, -0.25) is 9.36 Å². The maximum Gasteiger partial charge on any atom is 0.421 e. The van der Waals surface area contributed by atoms with Crippen LogP contribution >= 0.6 is 7.60 Å². The van der Waals surface area contributed by atoms with Crippen LogP contribution in [-0.2, 0) is 32.5 Å². The fourth-order valence-corrected chi connectivity index (χ4v) is 6.07. The molecule has 1 aliphatic heterocycles. The molecule has 220 valence electrons. The Bertz CT molecular complexity index is 1440. The molecule has 1 aliphatic rings. The summed E-state index contributed by atoms with van der Waals surface area (Å²) in [5, 5.41) is 5.60. The molecule has 1 amide bonds. The number of carbonyl (C=O) groups excluding carboxylic acids is 1. The number of fused-ring (bicyclic) bond motifs is 1. The molecule has 0 bridgehead atoms. The van der Waals surface area contributed by atoms with Crippen LogP contribution in [0.5, 0.6) is 5.75 Å². The van der Waals surface area contributed by atoms with Gasteiger partial charge in [0.1, 0.15) is 17.1 Å². The molecular formula is C27H31F3N5O5P. The summed E-state index contributed by atoms with van der Waals surface area (Å²) in [5.74, 6) is -0.472. The lowest BCUT2D eigenvalue weighted by Crippen LogP contribution is -2.18. The first kappa shape index (κ1) is 30.3. The highest BCUT2D eigenvalue weighted by Gasteiger charge is 2.37. The number of nitrogens with one attached hydrogen (secondary N) is 2. The van der Waals surface area contributed by atoms with E-state index in [-0.39, 0.29) is 49.0 Å². The zero-order valence-corrected chi connectivity index (χ0v) is 23.9. The fourth-order valence-electron chi connectivity index (χ4n) is 4.37. The first-order valence-electron chi connectivity index (χ1n) is 13.0. The molecule has 0 atom stereocenters. The van der Waals surface area contributed by atoms with Gasteiger partial charge in [-0.05, 0) is 50.6 Å². The van der Waals surface area contributed by atoms with Crippen LogP contribution in [0.4, 0.5) is 36.3 Å². The van der Waals surface area contributed by atoms with Gasteiger partial charge in [0, 0.05) is 24.5 Å². The summed E-state index contributed by atoms with van der Waals surface area (Å²) >= 11 is 0. The highest BCUT2D eigenvalue weighted by atomic mass is 31.2. The average Bonchev–Trinajstić information content (AvgIpc) is 3.21. The molecule has 3 aromatic rings. The van der Waals surface area contributed by atoms with Crippen molar-refractivity contribution in [2.24, 2.45) is 0 Å². The van der Waals surface area contributed by atoms with E-state index >= 15 is 0 Å². The molecule has 10 nitrogen and oxygen atoms in total.